The Labute approximate surface area is 162 Å². The molecule has 2 aromatic rings. The van der Waals surface area contributed by atoms with Gasteiger partial charge in [-0.2, -0.15) is 0 Å². The zero-order valence-corrected chi connectivity index (χ0v) is 16.7. The number of hydrogen-bond donors (Lipinski definition) is 1. The normalized spacial score (nSPS) is 10.4. The van der Waals surface area contributed by atoms with Crippen LogP contribution in [0.4, 0.5) is 11.4 Å². The van der Waals surface area contributed by atoms with E-state index in [1.54, 1.807) is 0 Å². The molecule has 1 N–H and O–H groups in total. The van der Waals surface area contributed by atoms with Crippen LogP contribution in [0.5, 0.6) is 0 Å². The second-order valence-electron chi connectivity index (χ2n) is 6.51. The monoisotopic (exact) mass is 367 g/mol. The van der Waals surface area contributed by atoms with E-state index < -0.39 is 0 Å². The first-order valence-electron chi connectivity index (χ1n) is 9.40. The van der Waals surface area contributed by atoms with Gasteiger partial charge in [-0.15, -0.1) is 0 Å². The summed E-state index contributed by atoms with van der Waals surface area (Å²) in [7, 11) is 0. The van der Waals surface area contributed by atoms with Crippen molar-refractivity contribution >= 4 is 23.2 Å². The fourth-order valence-electron chi connectivity index (χ4n) is 3.09. The summed E-state index contributed by atoms with van der Waals surface area (Å²) in [6, 6.07) is 15.7. The minimum Gasteiger partial charge on any atom is -0.372 e. The Balaban J connectivity index is 2.10. The molecule has 27 heavy (non-hydrogen) atoms. The van der Waals surface area contributed by atoms with Gasteiger partial charge in [-0.25, -0.2) is 0 Å². The zero-order valence-electron chi connectivity index (χ0n) is 16.7. The Bertz CT molecular complexity index is 770. The Morgan fingerprint density at radius 3 is 2.22 bits per heavy atom. The minimum atomic E-state index is -0.179. The highest BCUT2D eigenvalue weighted by Crippen LogP contribution is 2.26. The molecule has 5 nitrogen and oxygen atoms in total. The molecule has 0 spiro atoms. The molecule has 0 bridgehead atoms. The standard InChI is InChI=1S/C22H29N3O2/c1-5-24(6-2)20-12-13-21(17(3)14-20)25(18(4)26)16-22(27)23-15-19-10-8-7-9-11-19/h7-14H,5-6,15-16H2,1-4H3,(H,23,27). The number of carbonyl (C=O) groups excluding carboxylic acids is 2. The van der Waals surface area contributed by atoms with E-state index in [0.29, 0.717) is 6.54 Å². The average Bonchev–Trinajstić information content (AvgIpc) is 2.66. The third kappa shape index (κ3) is 5.58. The maximum Gasteiger partial charge on any atom is 0.240 e. The molecule has 0 saturated heterocycles. The SMILES string of the molecule is CCN(CC)c1ccc(N(CC(=O)NCc2ccccc2)C(C)=O)c(C)c1. The fourth-order valence-corrected chi connectivity index (χ4v) is 3.09. The fraction of sp³-hybridized carbons (Fsp3) is 0.364. The van der Waals surface area contributed by atoms with Crippen LogP contribution < -0.4 is 15.1 Å². The van der Waals surface area contributed by atoms with Crippen molar-refractivity contribution < 1.29 is 9.59 Å². The summed E-state index contributed by atoms with van der Waals surface area (Å²) < 4.78 is 0. The van der Waals surface area contributed by atoms with Gasteiger partial charge in [0.2, 0.25) is 11.8 Å². The summed E-state index contributed by atoms with van der Waals surface area (Å²) in [5.74, 6) is -0.329. The minimum absolute atomic E-state index is 0.00756. The molecular formula is C22H29N3O2. The van der Waals surface area contributed by atoms with Crippen LogP contribution in [0.2, 0.25) is 0 Å². The van der Waals surface area contributed by atoms with Crippen LogP contribution in [0.3, 0.4) is 0 Å². The maximum absolute atomic E-state index is 12.4. The lowest BCUT2D eigenvalue weighted by atomic mass is 10.1. The number of nitrogens with zero attached hydrogens (tertiary/aromatic N) is 2. The third-order valence-electron chi connectivity index (χ3n) is 4.61. The summed E-state index contributed by atoms with van der Waals surface area (Å²) in [6.45, 7) is 10.00. The molecule has 0 radical (unpaired) electrons. The summed E-state index contributed by atoms with van der Waals surface area (Å²) in [6.07, 6.45) is 0. The Morgan fingerprint density at radius 1 is 1.00 bits per heavy atom. The number of anilines is 2. The molecule has 144 valence electrons. The first kappa shape index (κ1) is 20.5. The van der Waals surface area contributed by atoms with Crippen molar-refractivity contribution in [2.75, 3.05) is 29.4 Å². The van der Waals surface area contributed by atoms with Gasteiger partial charge in [-0.05, 0) is 50.1 Å². The molecule has 2 rings (SSSR count). The molecule has 0 aliphatic rings. The van der Waals surface area contributed by atoms with Crippen LogP contribution in [0.25, 0.3) is 0 Å². The quantitative estimate of drug-likeness (QED) is 0.777. The van der Waals surface area contributed by atoms with Crippen molar-refractivity contribution in [1.29, 1.82) is 0 Å². The van der Waals surface area contributed by atoms with Crippen molar-refractivity contribution in [3.8, 4) is 0 Å². The smallest absolute Gasteiger partial charge is 0.240 e. The van der Waals surface area contributed by atoms with E-state index in [1.165, 1.54) is 11.8 Å². The number of benzene rings is 2. The number of hydrogen-bond acceptors (Lipinski definition) is 3. The molecule has 0 aliphatic heterocycles. The van der Waals surface area contributed by atoms with Crippen LogP contribution in [-0.4, -0.2) is 31.4 Å². The molecule has 0 aromatic heterocycles. The lowest BCUT2D eigenvalue weighted by Crippen LogP contribution is -2.40. The predicted octanol–water partition coefficient (Wildman–Crippen LogP) is 3.51. The van der Waals surface area contributed by atoms with E-state index in [2.05, 4.69) is 30.1 Å². The lowest BCUT2D eigenvalue weighted by molar-refractivity contribution is -0.123. The van der Waals surface area contributed by atoms with Crippen LogP contribution >= 0.6 is 0 Å². The molecule has 2 aromatic carbocycles. The van der Waals surface area contributed by atoms with Crippen LogP contribution in [-0.2, 0) is 16.1 Å². The molecule has 0 heterocycles. The van der Waals surface area contributed by atoms with Gasteiger partial charge in [-0.1, -0.05) is 30.3 Å². The summed E-state index contributed by atoms with van der Waals surface area (Å²) in [5, 5.41) is 2.88. The molecular weight excluding hydrogens is 338 g/mol. The summed E-state index contributed by atoms with van der Waals surface area (Å²) in [5.41, 5.74) is 3.90. The van der Waals surface area contributed by atoms with Gasteiger partial charge < -0.3 is 15.1 Å². The highest BCUT2D eigenvalue weighted by atomic mass is 16.2. The molecule has 5 heteroatoms. The molecule has 0 unspecified atom stereocenters. The second-order valence-corrected chi connectivity index (χ2v) is 6.51. The molecule has 0 aliphatic carbocycles. The van der Waals surface area contributed by atoms with E-state index in [1.807, 2.05) is 49.4 Å². The first-order valence-corrected chi connectivity index (χ1v) is 9.40. The number of carbonyl (C=O) groups is 2. The van der Waals surface area contributed by atoms with Gasteiger partial charge in [0.1, 0.15) is 6.54 Å². The Morgan fingerprint density at radius 2 is 1.67 bits per heavy atom. The average molecular weight is 367 g/mol. The Kier molecular flexibility index (Phi) is 7.41. The molecule has 2 amide bonds. The van der Waals surface area contributed by atoms with Crippen LogP contribution in [0, 0.1) is 6.92 Å². The van der Waals surface area contributed by atoms with Crippen LogP contribution in [0.15, 0.2) is 48.5 Å². The Hall–Kier alpha value is -2.82. The van der Waals surface area contributed by atoms with Gasteiger partial charge in [0.25, 0.3) is 0 Å². The zero-order chi connectivity index (χ0) is 19.8. The molecule has 0 atom stereocenters. The van der Waals surface area contributed by atoms with Crippen LogP contribution in [0.1, 0.15) is 31.9 Å². The van der Waals surface area contributed by atoms with Gasteiger partial charge in [-0.3, -0.25) is 9.59 Å². The number of nitrogens with one attached hydrogen (secondary N) is 1. The van der Waals surface area contributed by atoms with Gasteiger partial charge in [0.05, 0.1) is 0 Å². The van der Waals surface area contributed by atoms with E-state index in [0.717, 1.165) is 35.6 Å². The summed E-state index contributed by atoms with van der Waals surface area (Å²) >= 11 is 0. The van der Waals surface area contributed by atoms with Gasteiger partial charge in [0.15, 0.2) is 0 Å². The molecule has 0 saturated carbocycles. The predicted molar refractivity (Wildman–Crippen MR) is 111 cm³/mol. The molecule has 0 fully saturated rings. The second kappa shape index (κ2) is 9.76. The number of aryl methyl sites for hydroxylation is 1. The van der Waals surface area contributed by atoms with E-state index in [4.69, 9.17) is 0 Å². The van der Waals surface area contributed by atoms with Crippen molar-refractivity contribution in [3.05, 3.63) is 59.7 Å². The number of amides is 2. The topological polar surface area (TPSA) is 52.6 Å². The summed E-state index contributed by atoms with van der Waals surface area (Å²) in [4.78, 5) is 28.3. The van der Waals surface area contributed by atoms with E-state index >= 15 is 0 Å². The van der Waals surface area contributed by atoms with Crippen molar-refractivity contribution in [2.45, 2.75) is 34.2 Å². The largest absolute Gasteiger partial charge is 0.372 e. The van der Waals surface area contributed by atoms with E-state index in [-0.39, 0.29) is 18.4 Å². The van der Waals surface area contributed by atoms with Crippen molar-refractivity contribution in [2.24, 2.45) is 0 Å². The third-order valence-corrected chi connectivity index (χ3v) is 4.61. The van der Waals surface area contributed by atoms with Crippen molar-refractivity contribution in [3.63, 3.8) is 0 Å². The van der Waals surface area contributed by atoms with Gasteiger partial charge in [0, 0.05) is 37.9 Å². The van der Waals surface area contributed by atoms with Crippen molar-refractivity contribution in [1.82, 2.24) is 5.32 Å². The maximum atomic E-state index is 12.4. The van der Waals surface area contributed by atoms with E-state index in [9.17, 15) is 9.59 Å². The van der Waals surface area contributed by atoms with Gasteiger partial charge >= 0.3 is 0 Å². The highest BCUT2D eigenvalue weighted by Gasteiger charge is 2.18. The lowest BCUT2D eigenvalue weighted by Gasteiger charge is -2.26. The first-order chi connectivity index (χ1) is 13.0. The number of rotatable bonds is 8. The highest BCUT2D eigenvalue weighted by molar-refractivity contribution is 5.98.